The van der Waals surface area contributed by atoms with E-state index in [0.717, 1.165) is 16.7 Å². The molecule has 1 aromatic heterocycles. The first-order valence-corrected chi connectivity index (χ1v) is 9.14. The Kier molecular flexibility index (Phi) is 6.01. The highest BCUT2D eigenvalue weighted by molar-refractivity contribution is 7.12. The zero-order valence-electron chi connectivity index (χ0n) is 15.4. The zero-order chi connectivity index (χ0) is 18.6. The average molecular weight is 359 g/mol. The first-order chi connectivity index (χ1) is 11.7. The molecule has 4 nitrogen and oxygen atoms in total. The van der Waals surface area contributed by atoms with Crippen LogP contribution in [0, 0.1) is 13.8 Å². The van der Waals surface area contributed by atoms with E-state index in [9.17, 15) is 9.59 Å². The fourth-order valence-electron chi connectivity index (χ4n) is 2.51. The van der Waals surface area contributed by atoms with Crippen molar-refractivity contribution in [2.24, 2.45) is 0 Å². The normalized spacial score (nSPS) is 11.2. The predicted octanol–water partition coefficient (Wildman–Crippen LogP) is 4.14. The van der Waals surface area contributed by atoms with Crippen molar-refractivity contribution in [2.75, 3.05) is 6.54 Å². The molecule has 5 heteroatoms. The molecule has 2 aromatic rings. The summed E-state index contributed by atoms with van der Waals surface area (Å²) in [6.07, 6.45) is 0. The van der Waals surface area contributed by atoms with Crippen LogP contribution in [0.3, 0.4) is 0 Å². The summed E-state index contributed by atoms with van der Waals surface area (Å²) in [7, 11) is 0. The van der Waals surface area contributed by atoms with Crippen LogP contribution >= 0.6 is 11.3 Å². The highest BCUT2D eigenvalue weighted by Crippen LogP contribution is 2.27. The van der Waals surface area contributed by atoms with Gasteiger partial charge in [0, 0.05) is 0 Å². The van der Waals surface area contributed by atoms with Crippen LogP contribution in [0.1, 0.15) is 52.7 Å². The molecule has 1 heterocycles. The maximum atomic E-state index is 11.9. The molecule has 0 aliphatic carbocycles. The molecule has 0 aliphatic heterocycles. The van der Waals surface area contributed by atoms with Gasteiger partial charge >= 0.3 is 5.97 Å². The van der Waals surface area contributed by atoms with Crippen LogP contribution in [0.2, 0.25) is 0 Å². The summed E-state index contributed by atoms with van der Waals surface area (Å²) in [5, 5.41) is 4.40. The third-order valence-corrected chi connectivity index (χ3v) is 4.95. The number of ether oxygens (including phenoxy) is 1. The van der Waals surface area contributed by atoms with Crippen molar-refractivity contribution in [1.82, 2.24) is 5.32 Å². The lowest BCUT2D eigenvalue weighted by Crippen LogP contribution is -2.30. The minimum Gasteiger partial charge on any atom is -0.459 e. The van der Waals surface area contributed by atoms with E-state index < -0.39 is 5.97 Å². The number of thiophene rings is 1. The molecule has 1 amide bonds. The maximum absolute atomic E-state index is 11.9. The Bertz CT molecular complexity index is 735. The fraction of sp³-hybridized carbons (Fsp3) is 0.400. The smallest absolute Gasteiger partial charge is 0.325 e. The molecule has 1 aromatic carbocycles. The van der Waals surface area contributed by atoms with Crippen molar-refractivity contribution in [3.05, 3.63) is 56.8 Å². The Balaban J connectivity index is 1.92. The van der Waals surface area contributed by atoms with Crippen LogP contribution in [-0.4, -0.2) is 18.4 Å². The molecule has 0 aliphatic rings. The first-order valence-electron chi connectivity index (χ1n) is 8.26. The van der Waals surface area contributed by atoms with E-state index in [2.05, 4.69) is 38.2 Å². The summed E-state index contributed by atoms with van der Waals surface area (Å²) in [4.78, 5) is 24.3. The lowest BCUT2D eigenvalue weighted by molar-refractivity contribution is -0.143. The number of rotatable bonds is 5. The van der Waals surface area contributed by atoms with Gasteiger partial charge in [-0.2, -0.15) is 0 Å². The number of nitrogens with one attached hydrogen (secondary N) is 1. The molecule has 2 rings (SSSR count). The van der Waals surface area contributed by atoms with E-state index in [0.29, 0.717) is 4.88 Å². The number of carbonyl (C=O) groups is 2. The number of esters is 1. The molecule has 0 saturated heterocycles. The summed E-state index contributed by atoms with van der Waals surface area (Å²) in [6, 6.07) is 7.81. The topological polar surface area (TPSA) is 55.4 Å². The van der Waals surface area contributed by atoms with Gasteiger partial charge in [-0.1, -0.05) is 39.0 Å². The summed E-state index contributed by atoms with van der Waals surface area (Å²) in [5.74, 6) is -0.697. The van der Waals surface area contributed by atoms with E-state index in [4.69, 9.17) is 4.74 Å². The van der Waals surface area contributed by atoms with Crippen molar-refractivity contribution in [3.63, 3.8) is 0 Å². The molecule has 0 bridgehead atoms. The van der Waals surface area contributed by atoms with Crippen LogP contribution < -0.4 is 5.32 Å². The minimum atomic E-state index is -0.441. The number of hydrogen-bond donors (Lipinski definition) is 1. The third kappa shape index (κ3) is 5.16. The van der Waals surface area contributed by atoms with E-state index in [1.807, 2.05) is 19.2 Å². The van der Waals surface area contributed by atoms with Crippen molar-refractivity contribution in [1.29, 1.82) is 0 Å². The van der Waals surface area contributed by atoms with Crippen LogP contribution in [0.5, 0.6) is 0 Å². The Labute approximate surface area is 153 Å². The zero-order valence-corrected chi connectivity index (χ0v) is 16.3. The summed E-state index contributed by atoms with van der Waals surface area (Å²) >= 11 is 1.34. The fourth-order valence-corrected chi connectivity index (χ4v) is 3.15. The molecular formula is C20H25NO3S. The Morgan fingerprint density at radius 1 is 1.16 bits per heavy atom. The molecule has 0 radical (unpaired) electrons. The lowest BCUT2D eigenvalue weighted by atomic mass is 9.84. The third-order valence-electron chi connectivity index (χ3n) is 4.08. The van der Waals surface area contributed by atoms with E-state index in [-0.39, 0.29) is 24.5 Å². The quantitative estimate of drug-likeness (QED) is 0.817. The van der Waals surface area contributed by atoms with Gasteiger partial charge in [0.15, 0.2) is 0 Å². The summed E-state index contributed by atoms with van der Waals surface area (Å²) in [5.41, 5.74) is 4.59. The lowest BCUT2D eigenvalue weighted by Gasteiger charge is -2.22. The van der Waals surface area contributed by atoms with E-state index >= 15 is 0 Å². The number of aryl methyl sites for hydroxylation is 2. The predicted molar refractivity (Wildman–Crippen MR) is 101 cm³/mol. The standard InChI is InChI=1S/C20H25NO3S/c1-13-9-15(20(3,4)5)10-14(2)16(13)12-24-18(22)11-21-19(23)17-7-6-8-25-17/h6-10H,11-12H2,1-5H3,(H,21,23). The maximum Gasteiger partial charge on any atom is 0.325 e. The van der Waals surface area contributed by atoms with Crippen molar-refractivity contribution in [2.45, 2.75) is 46.6 Å². The van der Waals surface area contributed by atoms with Gasteiger partial charge in [0.1, 0.15) is 13.2 Å². The van der Waals surface area contributed by atoms with Gasteiger partial charge in [-0.15, -0.1) is 11.3 Å². The number of benzene rings is 1. The Morgan fingerprint density at radius 2 is 1.80 bits per heavy atom. The first kappa shape index (κ1) is 19.2. The van der Waals surface area contributed by atoms with Gasteiger partial charge in [-0.05, 0) is 53.0 Å². The van der Waals surface area contributed by atoms with Crippen LogP contribution in [0.4, 0.5) is 0 Å². The molecular weight excluding hydrogens is 334 g/mol. The van der Waals surface area contributed by atoms with Gasteiger partial charge < -0.3 is 10.1 Å². The van der Waals surface area contributed by atoms with Gasteiger partial charge in [0.25, 0.3) is 5.91 Å². The molecule has 0 unspecified atom stereocenters. The van der Waals surface area contributed by atoms with Crippen LogP contribution in [0.15, 0.2) is 29.6 Å². The number of hydrogen-bond acceptors (Lipinski definition) is 4. The average Bonchev–Trinajstić information content (AvgIpc) is 3.05. The largest absolute Gasteiger partial charge is 0.459 e. The van der Waals surface area contributed by atoms with Crippen molar-refractivity contribution >= 4 is 23.2 Å². The molecule has 0 spiro atoms. The molecule has 0 atom stereocenters. The molecule has 134 valence electrons. The molecule has 1 N–H and O–H groups in total. The highest BCUT2D eigenvalue weighted by atomic mass is 32.1. The second-order valence-electron chi connectivity index (χ2n) is 7.16. The number of carbonyl (C=O) groups excluding carboxylic acids is 2. The van der Waals surface area contributed by atoms with Crippen molar-refractivity contribution in [3.8, 4) is 0 Å². The highest BCUT2D eigenvalue weighted by Gasteiger charge is 2.17. The van der Waals surface area contributed by atoms with Crippen molar-refractivity contribution < 1.29 is 14.3 Å². The second kappa shape index (κ2) is 7.83. The SMILES string of the molecule is Cc1cc(C(C)(C)C)cc(C)c1COC(=O)CNC(=O)c1cccs1. The second-order valence-corrected chi connectivity index (χ2v) is 8.11. The molecule has 0 fully saturated rings. The van der Waals surface area contributed by atoms with Gasteiger partial charge in [-0.3, -0.25) is 9.59 Å². The van der Waals surface area contributed by atoms with E-state index in [1.165, 1.54) is 16.9 Å². The number of amides is 1. The Morgan fingerprint density at radius 3 is 2.32 bits per heavy atom. The monoisotopic (exact) mass is 359 g/mol. The summed E-state index contributed by atoms with van der Waals surface area (Å²) in [6.45, 7) is 10.7. The Hall–Kier alpha value is -2.14. The molecule has 25 heavy (non-hydrogen) atoms. The molecule has 0 saturated carbocycles. The van der Waals surface area contributed by atoms with Gasteiger partial charge in [-0.25, -0.2) is 0 Å². The van der Waals surface area contributed by atoms with Crippen LogP contribution in [-0.2, 0) is 21.6 Å². The van der Waals surface area contributed by atoms with Gasteiger partial charge in [0.2, 0.25) is 0 Å². The van der Waals surface area contributed by atoms with Gasteiger partial charge in [0.05, 0.1) is 4.88 Å². The van der Waals surface area contributed by atoms with Crippen LogP contribution in [0.25, 0.3) is 0 Å². The van der Waals surface area contributed by atoms with E-state index in [1.54, 1.807) is 12.1 Å². The summed E-state index contributed by atoms with van der Waals surface area (Å²) < 4.78 is 5.33. The minimum absolute atomic E-state index is 0.0802.